The average molecular weight is 292 g/mol. The highest BCUT2D eigenvalue weighted by Gasteiger charge is 2.10. The molecule has 1 heterocycles. The molecule has 1 unspecified atom stereocenters. The smallest absolute Gasteiger partial charge is 0.252 e. The number of carbonyl (C=O) groups excluding carboxylic acids is 1. The topological polar surface area (TPSA) is 62.2 Å². The Balaban J connectivity index is 2.66. The van der Waals surface area contributed by atoms with Gasteiger partial charge in [-0.3, -0.25) is 9.78 Å². The first-order valence-corrected chi connectivity index (χ1v) is 7.82. The summed E-state index contributed by atoms with van der Waals surface area (Å²) in [7, 11) is 0. The number of hydrogen-bond donors (Lipinski definition) is 2. The van der Waals surface area contributed by atoms with Gasteiger partial charge in [0, 0.05) is 30.6 Å². The molecule has 1 aromatic heterocycles. The SMILES string of the molecule is CSC(C)CCNC(=O)c1ccncc1C#CCCO. The minimum atomic E-state index is -0.131. The molecular formula is C15H20N2O2S. The van der Waals surface area contributed by atoms with Gasteiger partial charge in [0.15, 0.2) is 0 Å². The normalized spacial score (nSPS) is 11.3. The van der Waals surface area contributed by atoms with Gasteiger partial charge in [-0.15, -0.1) is 0 Å². The summed E-state index contributed by atoms with van der Waals surface area (Å²) in [5.41, 5.74) is 1.12. The molecule has 0 radical (unpaired) electrons. The number of nitrogens with zero attached hydrogens (tertiary/aromatic N) is 1. The molecule has 0 aromatic carbocycles. The highest BCUT2D eigenvalue weighted by atomic mass is 32.2. The molecule has 108 valence electrons. The van der Waals surface area contributed by atoms with Gasteiger partial charge in [0.05, 0.1) is 17.7 Å². The van der Waals surface area contributed by atoms with Crippen molar-refractivity contribution in [2.75, 3.05) is 19.4 Å². The molecule has 5 heteroatoms. The van der Waals surface area contributed by atoms with Crippen LogP contribution in [0, 0.1) is 11.8 Å². The Bertz CT molecular complexity index is 494. The van der Waals surface area contributed by atoms with E-state index in [9.17, 15) is 4.79 Å². The zero-order valence-corrected chi connectivity index (χ0v) is 12.7. The van der Waals surface area contributed by atoms with E-state index in [4.69, 9.17) is 5.11 Å². The van der Waals surface area contributed by atoms with Crippen LogP contribution in [0.5, 0.6) is 0 Å². The van der Waals surface area contributed by atoms with Gasteiger partial charge in [-0.1, -0.05) is 18.8 Å². The molecule has 1 aromatic rings. The van der Waals surface area contributed by atoms with Crippen LogP contribution in [0.3, 0.4) is 0 Å². The number of amides is 1. The number of thioether (sulfide) groups is 1. The Morgan fingerprint density at radius 1 is 1.60 bits per heavy atom. The summed E-state index contributed by atoms with van der Waals surface area (Å²) < 4.78 is 0. The zero-order chi connectivity index (χ0) is 14.8. The van der Waals surface area contributed by atoms with Gasteiger partial charge in [0.2, 0.25) is 0 Å². The third-order valence-electron chi connectivity index (χ3n) is 2.76. The lowest BCUT2D eigenvalue weighted by atomic mass is 10.1. The summed E-state index contributed by atoms with van der Waals surface area (Å²) in [5, 5.41) is 12.1. The second-order valence-corrected chi connectivity index (χ2v) is 5.56. The van der Waals surface area contributed by atoms with Gasteiger partial charge in [-0.05, 0) is 18.7 Å². The van der Waals surface area contributed by atoms with Crippen molar-refractivity contribution in [2.24, 2.45) is 0 Å². The van der Waals surface area contributed by atoms with Crippen LogP contribution in [0.4, 0.5) is 0 Å². The van der Waals surface area contributed by atoms with Crippen molar-refractivity contribution in [1.82, 2.24) is 10.3 Å². The monoisotopic (exact) mass is 292 g/mol. The Morgan fingerprint density at radius 3 is 3.10 bits per heavy atom. The van der Waals surface area contributed by atoms with Gasteiger partial charge in [-0.2, -0.15) is 11.8 Å². The first-order valence-electron chi connectivity index (χ1n) is 6.53. The molecule has 1 rings (SSSR count). The minimum Gasteiger partial charge on any atom is -0.395 e. The molecule has 0 spiro atoms. The molecule has 0 saturated carbocycles. The van der Waals surface area contributed by atoms with E-state index >= 15 is 0 Å². The fraction of sp³-hybridized carbons (Fsp3) is 0.467. The zero-order valence-electron chi connectivity index (χ0n) is 11.8. The summed E-state index contributed by atoms with van der Waals surface area (Å²) in [6.45, 7) is 2.79. The van der Waals surface area contributed by atoms with Crippen LogP contribution in [-0.2, 0) is 0 Å². The third kappa shape index (κ3) is 5.64. The lowest BCUT2D eigenvalue weighted by molar-refractivity contribution is 0.0953. The number of nitrogens with one attached hydrogen (secondary N) is 1. The number of aliphatic hydroxyl groups excluding tert-OH is 1. The van der Waals surface area contributed by atoms with Gasteiger partial charge in [0.1, 0.15) is 0 Å². The molecule has 0 aliphatic heterocycles. The van der Waals surface area contributed by atoms with Crippen LogP contribution < -0.4 is 5.32 Å². The highest BCUT2D eigenvalue weighted by molar-refractivity contribution is 7.99. The van der Waals surface area contributed by atoms with E-state index in [0.717, 1.165) is 6.42 Å². The van der Waals surface area contributed by atoms with Gasteiger partial charge in [-0.25, -0.2) is 0 Å². The number of pyridine rings is 1. The van der Waals surface area contributed by atoms with Crippen molar-refractivity contribution in [2.45, 2.75) is 25.0 Å². The Hall–Kier alpha value is -1.51. The molecule has 2 N–H and O–H groups in total. The summed E-state index contributed by atoms with van der Waals surface area (Å²) in [6, 6.07) is 1.66. The fourth-order valence-electron chi connectivity index (χ4n) is 1.51. The van der Waals surface area contributed by atoms with Crippen molar-refractivity contribution >= 4 is 17.7 Å². The van der Waals surface area contributed by atoms with E-state index in [-0.39, 0.29) is 12.5 Å². The van der Waals surface area contributed by atoms with Crippen LogP contribution in [-0.4, -0.2) is 40.7 Å². The highest BCUT2D eigenvalue weighted by Crippen LogP contribution is 2.09. The standard InChI is InChI=1S/C15H20N2O2S/c1-12(20-2)6-9-17-15(19)14-7-8-16-11-13(14)5-3-4-10-18/h7-8,11-12,18H,4,6,9-10H2,1-2H3,(H,17,19). The number of aliphatic hydroxyl groups is 1. The predicted molar refractivity (Wildman–Crippen MR) is 82.7 cm³/mol. The molecular weight excluding hydrogens is 272 g/mol. The van der Waals surface area contributed by atoms with E-state index < -0.39 is 0 Å². The van der Waals surface area contributed by atoms with Crippen LogP contribution in [0.1, 0.15) is 35.7 Å². The summed E-state index contributed by atoms with van der Waals surface area (Å²) in [5.74, 6) is 5.54. The first-order chi connectivity index (χ1) is 9.69. The van der Waals surface area contributed by atoms with Crippen LogP contribution in [0.15, 0.2) is 18.5 Å². The first kappa shape index (κ1) is 16.5. The van der Waals surface area contributed by atoms with Crippen molar-refractivity contribution in [3.05, 3.63) is 29.6 Å². The average Bonchev–Trinajstić information content (AvgIpc) is 2.47. The lowest BCUT2D eigenvalue weighted by Crippen LogP contribution is -2.26. The number of hydrogen-bond acceptors (Lipinski definition) is 4. The van der Waals surface area contributed by atoms with Crippen LogP contribution in [0.2, 0.25) is 0 Å². The quantitative estimate of drug-likeness (QED) is 0.783. The van der Waals surface area contributed by atoms with E-state index in [1.54, 1.807) is 30.2 Å². The van der Waals surface area contributed by atoms with Crippen molar-refractivity contribution in [3.63, 3.8) is 0 Å². The lowest BCUT2D eigenvalue weighted by Gasteiger charge is -2.09. The molecule has 20 heavy (non-hydrogen) atoms. The Kier molecular flexibility index (Phi) is 7.78. The van der Waals surface area contributed by atoms with Crippen molar-refractivity contribution in [3.8, 4) is 11.8 Å². The van der Waals surface area contributed by atoms with E-state index in [1.807, 2.05) is 0 Å². The van der Waals surface area contributed by atoms with Crippen LogP contribution in [0.25, 0.3) is 0 Å². The maximum absolute atomic E-state index is 12.1. The molecule has 0 saturated heterocycles. The number of carbonyl (C=O) groups is 1. The van der Waals surface area contributed by atoms with Crippen molar-refractivity contribution in [1.29, 1.82) is 0 Å². The van der Waals surface area contributed by atoms with Crippen molar-refractivity contribution < 1.29 is 9.90 Å². The van der Waals surface area contributed by atoms with Gasteiger partial charge < -0.3 is 10.4 Å². The fourth-order valence-corrected chi connectivity index (χ4v) is 1.86. The van der Waals surface area contributed by atoms with Crippen LogP contribution >= 0.6 is 11.8 Å². The second-order valence-electron chi connectivity index (χ2n) is 4.29. The third-order valence-corrected chi connectivity index (χ3v) is 3.80. The number of rotatable bonds is 6. The molecule has 0 bridgehead atoms. The molecule has 4 nitrogen and oxygen atoms in total. The minimum absolute atomic E-state index is 0.0152. The van der Waals surface area contributed by atoms with Gasteiger partial charge in [0.25, 0.3) is 5.91 Å². The maximum Gasteiger partial charge on any atom is 0.252 e. The summed E-state index contributed by atoms with van der Waals surface area (Å²) in [4.78, 5) is 16.1. The molecule has 0 aliphatic carbocycles. The maximum atomic E-state index is 12.1. The predicted octanol–water partition coefficient (Wildman–Crippen LogP) is 1.69. The summed E-state index contributed by atoms with van der Waals surface area (Å²) in [6.07, 6.45) is 6.54. The van der Waals surface area contributed by atoms with E-state index in [0.29, 0.717) is 29.3 Å². The molecule has 1 atom stereocenters. The second kappa shape index (κ2) is 9.40. The molecule has 1 amide bonds. The molecule has 0 aliphatic rings. The Labute approximate surface area is 124 Å². The Morgan fingerprint density at radius 2 is 2.40 bits per heavy atom. The number of aromatic nitrogens is 1. The van der Waals surface area contributed by atoms with Gasteiger partial charge >= 0.3 is 0 Å². The summed E-state index contributed by atoms with van der Waals surface area (Å²) >= 11 is 1.78. The largest absolute Gasteiger partial charge is 0.395 e. The van der Waals surface area contributed by atoms with E-state index in [2.05, 4.69) is 35.3 Å². The molecule has 0 fully saturated rings. The van der Waals surface area contributed by atoms with E-state index in [1.165, 1.54) is 0 Å².